The van der Waals surface area contributed by atoms with E-state index >= 15 is 0 Å². The van der Waals surface area contributed by atoms with Gasteiger partial charge in [0, 0.05) is 5.41 Å². The molecule has 0 radical (unpaired) electrons. The summed E-state index contributed by atoms with van der Waals surface area (Å²) in [6.07, 6.45) is 1.24. The predicted molar refractivity (Wildman–Crippen MR) is 119 cm³/mol. The number of hydrogen-bond acceptors (Lipinski definition) is 6. The molecule has 3 fully saturated rings. The fourth-order valence-corrected chi connectivity index (χ4v) is 5.54. The first-order valence-electron chi connectivity index (χ1n) is 11.5. The maximum absolute atomic E-state index is 13.2. The first kappa shape index (κ1) is 22.2. The lowest BCUT2D eigenvalue weighted by Crippen LogP contribution is -2.51. The Morgan fingerprint density at radius 3 is 1.58 bits per heavy atom. The Morgan fingerprint density at radius 1 is 0.848 bits per heavy atom. The monoisotopic (exact) mass is 454 g/mol. The number of carboxylic acid groups (broad SMARTS) is 1. The molecule has 2 aromatic rings. The number of carboxylic acids is 1. The predicted octanol–water partition coefficient (Wildman–Crippen LogP) is 3.46. The minimum Gasteiger partial charge on any atom is -0.508 e. The van der Waals surface area contributed by atoms with Crippen LogP contribution in [0.2, 0.25) is 0 Å². The summed E-state index contributed by atoms with van der Waals surface area (Å²) in [6.45, 7) is 3.83. The molecule has 3 aliphatic rings. The topological polar surface area (TPSA) is 115 Å². The lowest BCUT2D eigenvalue weighted by Gasteiger charge is -2.48. The minimum atomic E-state index is -1.10. The molecule has 4 atom stereocenters. The number of hydrogen-bond donors (Lipinski definition) is 3. The van der Waals surface area contributed by atoms with Crippen molar-refractivity contribution < 1.29 is 34.3 Å². The quantitative estimate of drug-likeness (QED) is 0.445. The summed E-state index contributed by atoms with van der Waals surface area (Å²) in [5.74, 6) is -0.896. The highest BCUT2D eigenvalue weighted by atomic mass is 16.6. The van der Waals surface area contributed by atoms with E-state index in [9.17, 15) is 20.1 Å². The van der Waals surface area contributed by atoms with Gasteiger partial charge in [0.1, 0.15) is 11.5 Å². The molecule has 176 valence electrons. The molecule has 5 rings (SSSR count). The number of benzene rings is 2. The van der Waals surface area contributed by atoms with Gasteiger partial charge in [-0.05, 0) is 60.6 Å². The number of ether oxygens (including phenoxy) is 3. The number of carbonyl (C=O) groups is 1. The highest BCUT2D eigenvalue weighted by Crippen LogP contribution is 2.56. The van der Waals surface area contributed by atoms with Gasteiger partial charge in [0.2, 0.25) is 0 Å². The van der Waals surface area contributed by atoms with Crippen LogP contribution in [0.3, 0.4) is 0 Å². The third kappa shape index (κ3) is 4.45. The minimum absolute atomic E-state index is 0.00234. The molecule has 0 saturated carbocycles. The van der Waals surface area contributed by atoms with Gasteiger partial charge in [0.15, 0.2) is 0 Å². The van der Waals surface area contributed by atoms with Crippen molar-refractivity contribution in [2.45, 2.75) is 49.9 Å². The summed E-state index contributed by atoms with van der Waals surface area (Å²) in [5, 5.41) is 30.7. The molecule has 0 spiro atoms. The van der Waals surface area contributed by atoms with E-state index in [0.29, 0.717) is 39.1 Å². The zero-order valence-corrected chi connectivity index (χ0v) is 18.6. The summed E-state index contributed by atoms with van der Waals surface area (Å²) in [5.41, 5.74) is -0.0414. The second-order valence-electron chi connectivity index (χ2n) is 9.82. The molecule has 4 unspecified atom stereocenters. The molecule has 0 bridgehead atoms. The largest absolute Gasteiger partial charge is 0.508 e. The van der Waals surface area contributed by atoms with Gasteiger partial charge in [-0.15, -0.1) is 0 Å². The Hall–Kier alpha value is -2.61. The van der Waals surface area contributed by atoms with Gasteiger partial charge in [-0.25, -0.2) is 0 Å². The number of phenols is 2. The number of rotatable bonds is 11. The van der Waals surface area contributed by atoms with E-state index in [1.54, 1.807) is 24.3 Å². The molecule has 3 heterocycles. The lowest BCUT2D eigenvalue weighted by atomic mass is 9.53. The van der Waals surface area contributed by atoms with Gasteiger partial charge in [-0.2, -0.15) is 0 Å². The van der Waals surface area contributed by atoms with Gasteiger partial charge in [0.05, 0.1) is 43.5 Å². The van der Waals surface area contributed by atoms with Gasteiger partial charge >= 0.3 is 5.97 Å². The molecule has 0 aromatic heterocycles. The van der Waals surface area contributed by atoms with Gasteiger partial charge in [-0.1, -0.05) is 31.2 Å². The first-order valence-corrected chi connectivity index (χ1v) is 11.5. The summed E-state index contributed by atoms with van der Waals surface area (Å²) in [7, 11) is 0. The summed E-state index contributed by atoms with van der Waals surface area (Å²) >= 11 is 0. The molecule has 2 aromatic carbocycles. The number of aliphatic carboxylic acids is 1. The van der Waals surface area contributed by atoms with Crippen LogP contribution >= 0.6 is 0 Å². The van der Waals surface area contributed by atoms with Crippen molar-refractivity contribution in [2.24, 2.45) is 11.3 Å². The Labute approximate surface area is 192 Å². The van der Waals surface area contributed by atoms with Crippen molar-refractivity contribution in [3.8, 4) is 11.5 Å². The van der Waals surface area contributed by atoms with E-state index in [2.05, 4.69) is 6.92 Å². The van der Waals surface area contributed by atoms with Crippen molar-refractivity contribution in [3.63, 3.8) is 0 Å². The lowest BCUT2D eigenvalue weighted by molar-refractivity contribution is -0.157. The van der Waals surface area contributed by atoms with Crippen LogP contribution in [0.4, 0.5) is 0 Å². The highest BCUT2D eigenvalue weighted by Gasteiger charge is 2.59. The zero-order valence-electron chi connectivity index (χ0n) is 18.6. The van der Waals surface area contributed by atoms with Gasteiger partial charge < -0.3 is 29.5 Å². The highest BCUT2D eigenvalue weighted by molar-refractivity contribution is 5.76. The van der Waals surface area contributed by atoms with E-state index in [1.807, 2.05) is 24.3 Å². The van der Waals surface area contributed by atoms with E-state index in [-0.39, 0.29) is 35.7 Å². The van der Waals surface area contributed by atoms with Crippen molar-refractivity contribution in [3.05, 3.63) is 59.7 Å². The molecule has 3 aliphatic heterocycles. The molecule has 0 amide bonds. The SMILES string of the molecule is CC(c1ccc(O)cc1)(c1ccc(O)cc1)C(CC1CO1)C(CC1CO1)(CC1CO1)C(=O)O. The molecule has 3 saturated heterocycles. The summed E-state index contributed by atoms with van der Waals surface area (Å²) in [4.78, 5) is 13.2. The van der Waals surface area contributed by atoms with Crippen LogP contribution in [-0.2, 0) is 24.4 Å². The number of phenolic OH excluding ortho intramolecular Hbond substituents is 2. The smallest absolute Gasteiger partial charge is 0.310 e. The molecule has 33 heavy (non-hydrogen) atoms. The molecule has 3 N–H and O–H groups in total. The summed E-state index contributed by atoms with van der Waals surface area (Å²) in [6, 6.07) is 14.0. The normalized spacial score (nSPS) is 26.3. The van der Waals surface area contributed by atoms with Crippen molar-refractivity contribution in [1.29, 1.82) is 0 Å². The molecule has 0 aliphatic carbocycles. The fourth-order valence-electron chi connectivity index (χ4n) is 5.54. The van der Waals surface area contributed by atoms with Gasteiger partial charge in [0.25, 0.3) is 0 Å². The Kier molecular flexibility index (Phi) is 5.59. The second-order valence-corrected chi connectivity index (χ2v) is 9.82. The van der Waals surface area contributed by atoms with Crippen LogP contribution in [0.1, 0.15) is 37.3 Å². The van der Waals surface area contributed by atoms with Crippen molar-refractivity contribution >= 4 is 5.97 Å². The van der Waals surface area contributed by atoms with Crippen LogP contribution in [0.15, 0.2) is 48.5 Å². The number of aromatic hydroxyl groups is 2. The van der Waals surface area contributed by atoms with E-state index in [4.69, 9.17) is 14.2 Å². The zero-order chi connectivity index (χ0) is 23.2. The van der Waals surface area contributed by atoms with Crippen LogP contribution in [0, 0.1) is 11.3 Å². The average Bonchev–Trinajstić information content (AvgIpc) is 3.64. The van der Waals surface area contributed by atoms with Crippen LogP contribution in [0.25, 0.3) is 0 Å². The van der Waals surface area contributed by atoms with E-state index in [0.717, 1.165) is 11.1 Å². The van der Waals surface area contributed by atoms with Crippen molar-refractivity contribution in [1.82, 2.24) is 0 Å². The third-order valence-electron chi connectivity index (χ3n) is 7.61. The van der Waals surface area contributed by atoms with E-state index < -0.39 is 16.8 Å². The average molecular weight is 455 g/mol. The van der Waals surface area contributed by atoms with Crippen LogP contribution < -0.4 is 0 Å². The first-order chi connectivity index (χ1) is 15.8. The number of epoxide rings is 3. The van der Waals surface area contributed by atoms with Crippen molar-refractivity contribution in [2.75, 3.05) is 19.8 Å². The van der Waals surface area contributed by atoms with Crippen LogP contribution in [0.5, 0.6) is 11.5 Å². The third-order valence-corrected chi connectivity index (χ3v) is 7.61. The van der Waals surface area contributed by atoms with E-state index in [1.165, 1.54) is 0 Å². The Morgan fingerprint density at radius 2 is 1.24 bits per heavy atom. The maximum atomic E-state index is 13.2. The summed E-state index contributed by atoms with van der Waals surface area (Å²) < 4.78 is 16.7. The molecule has 7 nitrogen and oxygen atoms in total. The molecular weight excluding hydrogens is 424 g/mol. The fraction of sp³-hybridized carbons (Fsp3) is 0.500. The Bertz CT molecular complexity index is 929. The Balaban J connectivity index is 1.69. The standard InChI is InChI=1S/C26H30O7/c1-25(16-2-6-18(27)7-3-16,17-4-8-19(28)9-5-17)23(10-20-13-31-20)26(24(29)30,11-21-14-32-21)12-22-15-33-22/h2-9,20-23,27-28H,10-15H2,1H3,(H,29,30). The van der Waals surface area contributed by atoms with Gasteiger partial charge in [-0.3, -0.25) is 4.79 Å². The maximum Gasteiger partial charge on any atom is 0.310 e. The second kappa shape index (κ2) is 8.31. The molecule has 7 heteroatoms. The molecular formula is C26H30O7. The van der Waals surface area contributed by atoms with Crippen LogP contribution in [-0.4, -0.2) is 59.4 Å².